The molecule has 0 saturated carbocycles. The number of rotatable bonds is 8. The first-order chi connectivity index (χ1) is 15.2. The normalized spacial score (nSPS) is 10.6. The average Bonchev–Trinajstić information content (AvgIpc) is 3.20. The lowest BCUT2D eigenvalue weighted by Gasteiger charge is -2.07. The van der Waals surface area contributed by atoms with Crippen LogP contribution in [0.3, 0.4) is 0 Å². The van der Waals surface area contributed by atoms with E-state index in [2.05, 4.69) is 0 Å². The van der Waals surface area contributed by atoms with Gasteiger partial charge in [-0.2, -0.15) is 0 Å². The topological polar surface area (TPSA) is 75.0 Å². The van der Waals surface area contributed by atoms with Gasteiger partial charge >= 0.3 is 5.97 Å². The maximum Gasteiger partial charge on any atom is 0.375 e. The number of para-hydroxylation sites is 2. The molecule has 0 unspecified atom stereocenters. The fourth-order valence-corrected chi connectivity index (χ4v) is 3.14. The Hall–Kier alpha value is -4.06. The highest BCUT2D eigenvalue weighted by atomic mass is 16.5. The van der Waals surface area contributed by atoms with Crippen LogP contribution in [0.1, 0.15) is 26.5 Å². The van der Waals surface area contributed by atoms with Gasteiger partial charge in [-0.25, -0.2) is 4.79 Å². The summed E-state index contributed by atoms with van der Waals surface area (Å²) in [5.41, 5.74) is 1.54. The molecule has 0 aliphatic heterocycles. The molecular formula is C25H20O6. The lowest BCUT2D eigenvalue weighted by Crippen LogP contribution is -2.15. The Balaban J connectivity index is 1.50. The molecule has 0 aliphatic rings. The van der Waals surface area contributed by atoms with Crippen molar-refractivity contribution < 1.29 is 28.2 Å². The average molecular weight is 416 g/mol. The Morgan fingerprint density at radius 3 is 2.29 bits per heavy atom. The lowest BCUT2D eigenvalue weighted by molar-refractivity contribution is 0.0443. The van der Waals surface area contributed by atoms with Crippen LogP contribution >= 0.6 is 0 Å². The van der Waals surface area contributed by atoms with E-state index >= 15 is 0 Å². The monoisotopic (exact) mass is 416 g/mol. The van der Waals surface area contributed by atoms with Crippen molar-refractivity contribution in [3.05, 3.63) is 95.7 Å². The minimum Gasteiger partial charge on any atom is -0.497 e. The van der Waals surface area contributed by atoms with Gasteiger partial charge in [0.1, 0.15) is 23.7 Å². The lowest BCUT2D eigenvalue weighted by atomic mass is 10.1. The van der Waals surface area contributed by atoms with Crippen LogP contribution in [0.5, 0.6) is 11.5 Å². The van der Waals surface area contributed by atoms with Crippen LogP contribution in [0, 0.1) is 0 Å². The van der Waals surface area contributed by atoms with Crippen molar-refractivity contribution in [1.29, 1.82) is 0 Å². The second kappa shape index (κ2) is 9.17. The zero-order valence-electron chi connectivity index (χ0n) is 16.9. The standard InChI is InChI=1S/C25H20O6/c1-28-18-13-11-17(12-14-18)22(26)16-30-25(27)24-21(15-29-19-7-3-2-4-8-19)20-9-5-6-10-23(20)31-24/h2-14H,15-16H2,1H3. The molecule has 4 aromatic rings. The summed E-state index contributed by atoms with van der Waals surface area (Å²) < 4.78 is 21.9. The van der Waals surface area contributed by atoms with Crippen molar-refractivity contribution in [3.63, 3.8) is 0 Å². The van der Waals surface area contributed by atoms with Crippen molar-refractivity contribution >= 4 is 22.7 Å². The van der Waals surface area contributed by atoms with Crippen molar-refractivity contribution in [2.45, 2.75) is 6.61 Å². The molecule has 1 aromatic heterocycles. The van der Waals surface area contributed by atoms with Gasteiger partial charge < -0.3 is 18.6 Å². The van der Waals surface area contributed by atoms with E-state index in [-0.39, 0.29) is 18.2 Å². The van der Waals surface area contributed by atoms with E-state index in [1.54, 1.807) is 37.4 Å². The number of Topliss-reactive ketones (excluding diaryl/α,β-unsaturated/α-hetero) is 1. The van der Waals surface area contributed by atoms with E-state index in [9.17, 15) is 9.59 Å². The van der Waals surface area contributed by atoms with Gasteiger partial charge in [0.25, 0.3) is 0 Å². The number of furan rings is 1. The summed E-state index contributed by atoms with van der Waals surface area (Å²) >= 11 is 0. The number of fused-ring (bicyclic) bond motifs is 1. The van der Waals surface area contributed by atoms with E-state index in [1.807, 2.05) is 48.5 Å². The molecule has 0 fully saturated rings. The van der Waals surface area contributed by atoms with Gasteiger partial charge in [0.2, 0.25) is 5.76 Å². The van der Waals surface area contributed by atoms with Crippen LogP contribution in [0.2, 0.25) is 0 Å². The molecule has 1 heterocycles. The van der Waals surface area contributed by atoms with Gasteiger partial charge in [-0.3, -0.25) is 4.79 Å². The minimum absolute atomic E-state index is 0.0275. The number of esters is 1. The van der Waals surface area contributed by atoms with Crippen LogP contribution in [0.15, 0.2) is 83.3 Å². The number of carbonyl (C=O) groups excluding carboxylic acids is 2. The molecule has 0 aliphatic carbocycles. The first-order valence-electron chi connectivity index (χ1n) is 9.68. The van der Waals surface area contributed by atoms with Crippen LogP contribution in [0.4, 0.5) is 0 Å². The maximum absolute atomic E-state index is 12.7. The third-order valence-corrected chi connectivity index (χ3v) is 4.76. The zero-order chi connectivity index (χ0) is 21.6. The SMILES string of the molecule is COc1ccc(C(=O)COC(=O)c2oc3ccccc3c2COc2ccccc2)cc1. The number of benzene rings is 3. The highest BCUT2D eigenvalue weighted by Gasteiger charge is 2.23. The van der Waals surface area contributed by atoms with Crippen molar-refractivity contribution in [1.82, 2.24) is 0 Å². The Morgan fingerprint density at radius 2 is 1.55 bits per heavy atom. The molecule has 4 rings (SSSR count). The van der Waals surface area contributed by atoms with Gasteiger partial charge in [-0.05, 0) is 42.5 Å². The van der Waals surface area contributed by atoms with Crippen LogP contribution in [-0.2, 0) is 11.3 Å². The quantitative estimate of drug-likeness (QED) is 0.295. The number of carbonyl (C=O) groups is 2. The Kier molecular flexibility index (Phi) is 5.98. The van der Waals surface area contributed by atoms with Crippen molar-refractivity contribution in [2.75, 3.05) is 13.7 Å². The molecule has 156 valence electrons. The fraction of sp³-hybridized carbons (Fsp3) is 0.120. The third-order valence-electron chi connectivity index (χ3n) is 4.76. The molecular weight excluding hydrogens is 396 g/mol. The Bertz CT molecular complexity index is 1190. The van der Waals surface area contributed by atoms with Gasteiger partial charge in [-0.1, -0.05) is 36.4 Å². The molecule has 6 nitrogen and oxygen atoms in total. The van der Waals surface area contributed by atoms with E-state index in [4.69, 9.17) is 18.6 Å². The third kappa shape index (κ3) is 4.59. The number of hydrogen-bond acceptors (Lipinski definition) is 6. The summed E-state index contributed by atoms with van der Waals surface area (Å²) in [6, 6.07) is 23.1. The van der Waals surface area contributed by atoms with Crippen LogP contribution in [-0.4, -0.2) is 25.5 Å². The van der Waals surface area contributed by atoms with Gasteiger partial charge in [0.15, 0.2) is 12.4 Å². The first-order valence-corrected chi connectivity index (χ1v) is 9.68. The van der Waals surface area contributed by atoms with Crippen molar-refractivity contribution in [2.24, 2.45) is 0 Å². The summed E-state index contributed by atoms with van der Waals surface area (Å²) in [7, 11) is 1.55. The van der Waals surface area contributed by atoms with E-state index in [1.165, 1.54) is 0 Å². The Morgan fingerprint density at radius 1 is 0.839 bits per heavy atom. The largest absolute Gasteiger partial charge is 0.497 e. The molecule has 3 aromatic carbocycles. The highest BCUT2D eigenvalue weighted by Crippen LogP contribution is 2.28. The molecule has 0 atom stereocenters. The predicted molar refractivity (Wildman–Crippen MR) is 115 cm³/mol. The molecule has 0 amide bonds. The number of ketones is 1. The van der Waals surface area contributed by atoms with Crippen LogP contribution < -0.4 is 9.47 Å². The molecule has 0 radical (unpaired) electrons. The molecule has 31 heavy (non-hydrogen) atoms. The highest BCUT2D eigenvalue weighted by molar-refractivity contribution is 6.00. The molecule has 0 spiro atoms. The molecule has 0 bridgehead atoms. The summed E-state index contributed by atoms with van der Waals surface area (Å²) in [4.78, 5) is 25.1. The van der Waals surface area contributed by atoms with Crippen molar-refractivity contribution in [3.8, 4) is 11.5 Å². The Labute approximate surface area is 179 Å². The fourth-order valence-electron chi connectivity index (χ4n) is 3.14. The van der Waals surface area contributed by atoms with Crippen LogP contribution in [0.25, 0.3) is 11.0 Å². The number of methoxy groups -OCH3 is 1. The van der Waals surface area contributed by atoms with Gasteiger partial charge in [0.05, 0.1) is 12.7 Å². The molecule has 0 N–H and O–H groups in total. The second-order valence-corrected chi connectivity index (χ2v) is 6.74. The smallest absolute Gasteiger partial charge is 0.375 e. The number of hydrogen-bond donors (Lipinski definition) is 0. The predicted octanol–water partition coefficient (Wildman–Crippen LogP) is 5.06. The van der Waals surface area contributed by atoms with E-state index in [0.717, 1.165) is 5.39 Å². The van der Waals surface area contributed by atoms with Gasteiger partial charge in [-0.15, -0.1) is 0 Å². The number of ether oxygens (including phenoxy) is 3. The van der Waals surface area contributed by atoms with E-state index in [0.29, 0.717) is 28.2 Å². The summed E-state index contributed by atoms with van der Waals surface area (Å²) in [5.74, 6) is 0.291. The molecule has 6 heteroatoms. The summed E-state index contributed by atoms with van der Waals surface area (Å²) in [5, 5.41) is 0.756. The summed E-state index contributed by atoms with van der Waals surface area (Å²) in [6.07, 6.45) is 0. The minimum atomic E-state index is -0.718. The zero-order valence-corrected chi connectivity index (χ0v) is 16.9. The molecule has 0 saturated heterocycles. The van der Waals surface area contributed by atoms with Gasteiger partial charge in [0, 0.05) is 10.9 Å². The maximum atomic E-state index is 12.7. The second-order valence-electron chi connectivity index (χ2n) is 6.74. The van der Waals surface area contributed by atoms with E-state index < -0.39 is 12.6 Å². The summed E-state index contributed by atoms with van der Waals surface area (Å²) in [6.45, 7) is -0.279. The first kappa shape index (κ1) is 20.2.